The summed E-state index contributed by atoms with van der Waals surface area (Å²) in [5.74, 6) is 3.24. The van der Waals surface area contributed by atoms with Gasteiger partial charge in [-0.1, -0.05) is 131 Å². The van der Waals surface area contributed by atoms with Crippen LogP contribution in [0.5, 0.6) is 34.5 Å². The minimum atomic E-state index is -0.215. The molecule has 0 saturated heterocycles. The number of methoxy groups -OCH3 is 1. The fourth-order valence-corrected chi connectivity index (χ4v) is 6.06. The van der Waals surface area contributed by atoms with Crippen molar-refractivity contribution in [3.63, 3.8) is 0 Å². The van der Waals surface area contributed by atoms with Gasteiger partial charge in [0.05, 0.1) is 40.1 Å². The third kappa shape index (κ3) is 18.5. The number of rotatable bonds is 34. The first-order valence-electron chi connectivity index (χ1n) is 21.3. The molecule has 0 radical (unpaired) electrons. The first-order valence-corrected chi connectivity index (χ1v) is 21.3. The third-order valence-corrected chi connectivity index (χ3v) is 9.29. The molecular formula is C46H74O7. The van der Waals surface area contributed by atoms with Crippen molar-refractivity contribution in [2.75, 3.05) is 40.1 Å². The van der Waals surface area contributed by atoms with Gasteiger partial charge < -0.3 is 28.4 Å². The van der Waals surface area contributed by atoms with Gasteiger partial charge in [-0.2, -0.15) is 0 Å². The summed E-state index contributed by atoms with van der Waals surface area (Å²) in [6, 6.07) is 7.60. The molecule has 0 aliphatic heterocycles. The van der Waals surface area contributed by atoms with Crippen LogP contribution in [0.3, 0.4) is 0 Å². The van der Waals surface area contributed by atoms with Gasteiger partial charge in [0.25, 0.3) is 0 Å². The smallest absolute Gasteiger partial charge is 0.193 e. The number of unbranched alkanes of at least 4 members (excludes halogenated alkanes) is 15. The van der Waals surface area contributed by atoms with Crippen LogP contribution < -0.4 is 28.4 Å². The molecule has 300 valence electrons. The maximum atomic E-state index is 14.4. The Labute approximate surface area is 323 Å². The predicted octanol–water partition coefficient (Wildman–Crippen LogP) is 13.4. The lowest BCUT2D eigenvalue weighted by Gasteiger charge is -2.19. The highest BCUT2D eigenvalue weighted by Crippen LogP contribution is 2.40. The van der Waals surface area contributed by atoms with E-state index in [2.05, 4.69) is 34.6 Å². The van der Waals surface area contributed by atoms with Gasteiger partial charge >= 0.3 is 0 Å². The van der Waals surface area contributed by atoms with E-state index in [1.54, 1.807) is 13.2 Å². The van der Waals surface area contributed by atoms with Crippen molar-refractivity contribution in [3.05, 3.63) is 41.5 Å². The molecule has 0 fully saturated rings. The lowest BCUT2D eigenvalue weighted by atomic mass is 10.0. The maximum Gasteiger partial charge on any atom is 0.193 e. The molecule has 0 spiro atoms. The van der Waals surface area contributed by atoms with Crippen LogP contribution in [0.2, 0.25) is 0 Å². The number of ether oxygens (including phenoxy) is 6. The van der Waals surface area contributed by atoms with Crippen molar-refractivity contribution < 1.29 is 33.2 Å². The maximum absolute atomic E-state index is 14.4. The molecule has 0 amide bonds. The number of carbonyl (C=O) groups excluding carboxylic acids is 1. The molecule has 0 N–H and O–H groups in total. The van der Waals surface area contributed by atoms with Gasteiger partial charge in [0.1, 0.15) is 17.1 Å². The van der Waals surface area contributed by atoms with Crippen LogP contribution in [0.15, 0.2) is 30.3 Å². The van der Waals surface area contributed by atoms with Crippen molar-refractivity contribution in [2.45, 2.75) is 163 Å². The van der Waals surface area contributed by atoms with E-state index in [1.165, 1.54) is 25.7 Å². The number of hydrogen-bond acceptors (Lipinski definition) is 7. The molecule has 7 heteroatoms. The molecule has 0 aliphatic carbocycles. The average Bonchev–Trinajstić information content (AvgIpc) is 3.17. The molecule has 2 aromatic rings. The average molecular weight is 739 g/mol. The Bertz CT molecular complexity index is 1270. The van der Waals surface area contributed by atoms with E-state index in [9.17, 15) is 4.79 Å². The lowest BCUT2D eigenvalue weighted by Crippen LogP contribution is -2.10. The molecule has 2 rings (SSSR count). The highest BCUT2D eigenvalue weighted by atomic mass is 16.5. The molecule has 0 atom stereocenters. The van der Waals surface area contributed by atoms with E-state index in [-0.39, 0.29) is 5.78 Å². The standard InChI is InChI=1S/C46H74O7/c1-7-12-17-22-31-49-39-36-38(45(43(37-39)48-6)52-34-25-20-15-10-4)27-28-40(47)44-41(50-32-23-18-13-8-2)29-30-42(51-33-24-19-14-9-3)46(44)53-35-26-21-16-11-5/h27-30,36-37H,7-26,31-35H2,1-6H3. The molecule has 0 aliphatic rings. The zero-order valence-electron chi connectivity index (χ0n) is 34.5. The summed E-state index contributed by atoms with van der Waals surface area (Å²) >= 11 is 0. The highest BCUT2D eigenvalue weighted by Gasteiger charge is 2.23. The fourth-order valence-electron chi connectivity index (χ4n) is 6.06. The minimum Gasteiger partial charge on any atom is -0.493 e. The van der Waals surface area contributed by atoms with Crippen LogP contribution in [0.1, 0.15) is 179 Å². The zero-order chi connectivity index (χ0) is 38.4. The van der Waals surface area contributed by atoms with Crippen LogP contribution in [0.4, 0.5) is 0 Å². The van der Waals surface area contributed by atoms with E-state index < -0.39 is 0 Å². The number of hydrogen-bond donors (Lipinski definition) is 0. The number of ketones is 1. The molecule has 0 aromatic heterocycles. The van der Waals surface area contributed by atoms with Gasteiger partial charge in [0.15, 0.2) is 28.8 Å². The number of carbonyl (C=O) groups is 1. The first kappa shape index (κ1) is 45.8. The molecule has 53 heavy (non-hydrogen) atoms. The van der Waals surface area contributed by atoms with Crippen molar-refractivity contribution in [2.24, 2.45) is 0 Å². The first-order chi connectivity index (χ1) is 26.0. The Kier molecular flexibility index (Phi) is 26.0. The van der Waals surface area contributed by atoms with E-state index >= 15 is 0 Å². The predicted molar refractivity (Wildman–Crippen MR) is 221 cm³/mol. The Morgan fingerprint density at radius 2 is 0.925 bits per heavy atom. The van der Waals surface area contributed by atoms with Crippen LogP contribution in [0.25, 0.3) is 6.08 Å². The van der Waals surface area contributed by atoms with Crippen molar-refractivity contribution in [1.82, 2.24) is 0 Å². The van der Waals surface area contributed by atoms with Gasteiger partial charge in [0.2, 0.25) is 0 Å². The second kappa shape index (κ2) is 30.0. The van der Waals surface area contributed by atoms with Crippen LogP contribution in [0, 0.1) is 0 Å². The number of benzene rings is 2. The summed E-state index contributed by atoms with van der Waals surface area (Å²) in [7, 11) is 1.64. The molecule has 0 unspecified atom stereocenters. The van der Waals surface area contributed by atoms with Crippen LogP contribution >= 0.6 is 0 Å². The quantitative estimate of drug-likeness (QED) is 0.0402. The van der Waals surface area contributed by atoms with Crippen molar-refractivity contribution in [1.29, 1.82) is 0 Å². The Morgan fingerprint density at radius 3 is 1.42 bits per heavy atom. The Hall–Kier alpha value is -3.35. The summed E-state index contributed by atoms with van der Waals surface area (Å²) < 4.78 is 37.5. The summed E-state index contributed by atoms with van der Waals surface area (Å²) in [6.07, 6.45) is 25.2. The third-order valence-electron chi connectivity index (χ3n) is 9.29. The van der Waals surface area contributed by atoms with E-state index in [1.807, 2.05) is 30.3 Å². The van der Waals surface area contributed by atoms with Gasteiger partial charge in [-0.25, -0.2) is 0 Å². The number of allylic oxidation sites excluding steroid dienone is 1. The van der Waals surface area contributed by atoms with Crippen molar-refractivity contribution >= 4 is 11.9 Å². The van der Waals surface area contributed by atoms with Gasteiger partial charge in [-0.3, -0.25) is 4.79 Å². The highest BCUT2D eigenvalue weighted by molar-refractivity contribution is 6.11. The van der Waals surface area contributed by atoms with Crippen LogP contribution in [-0.4, -0.2) is 45.9 Å². The van der Waals surface area contributed by atoms with Gasteiger partial charge in [-0.15, -0.1) is 0 Å². The largest absolute Gasteiger partial charge is 0.493 e. The molecule has 0 bridgehead atoms. The fraction of sp³-hybridized carbons (Fsp3) is 0.674. The summed E-state index contributed by atoms with van der Waals surface area (Å²) in [5, 5.41) is 0. The molecule has 7 nitrogen and oxygen atoms in total. The minimum absolute atomic E-state index is 0.215. The summed E-state index contributed by atoms with van der Waals surface area (Å²) in [4.78, 5) is 14.4. The second-order valence-electron chi connectivity index (χ2n) is 14.1. The van der Waals surface area contributed by atoms with Gasteiger partial charge in [0, 0.05) is 11.6 Å². The lowest BCUT2D eigenvalue weighted by molar-refractivity contribution is 0.103. The topological polar surface area (TPSA) is 72.5 Å². The molecule has 0 saturated carbocycles. The summed E-state index contributed by atoms with van der Waals surface area (Å²) in [6.45, 7) is 13.8. The SMILES string of the molecule is CCCCCCOc1cc(C=CC(=O)c2c(OCCCCCC)ccc(OCCCCCC)c2OCCCCCC)c(OCCCCCC)c(OC)c1. The normalized spacial score (nSPS) is 11.2. The van der Waals surface area contributed by atoms with E-state index in [0.717, 1.165) is 108 Å². The van der Waals surface area contributed by atoms with Gasteiger partial charge in [-0.05, 0) is 62.5 Å². The molecule has 0 heterocycles. The summed E-state index contributed by atoms with van der Waals surface area (Å²) in [5.41, 5.74) is 1.12. The monoisotopic (exact) mass is 739 g/mol. The molecule has 2 aromatic carbocycles. The van der Waals surface area contributed by atoms with E-state index in [0.29, 0.717) is 73.1 Å². The Morgan fingerprint density at radius 1 is 0.491 bits per heavy atom. The van der Waals surface area contributed by atoms with E-state index in [4.69, 9.17) is 28.4 Å². The van der Waals surface area contributed by atoms with Crippen molar-refractivity contribution in [3.8, 4) is 34.5 Å². The Balaban J connectivity index is 2.55. The molecular weight excluding hydrogens is 664 g/mol. The second-order valence-corrected chi connectivity index (χ2v) is 14.1. The van der Waals surface area contributed by atoms with Crippen LogP contribution in [-0.2, 0) is 0 Å². The zero-order valence-corrected chi connectivity index (χ0v) is 34.5.